The average Bonchev–Trinajstić information content (AvgIpc) is 2.64. The van der Waals surface area contributed by atoms with Gasteiger partial charge in [-0.2, -0.15) is 0 Å². The number of amides is 1. The van der Waals surface area contributed by atoms with Crippen LogP contribution >= 0.6 is 0 Å². The van der Waals surface area contributed by atoms with E-state index < -0.39 is 10.0 Å². The van der Waals surface area contributed by atoms with Crippen LogP contribution in [0.4, 0.5) is 5.69 Å². The molecular formula is C23H32N2O3S. The van der Waals surface area contributed by atoms with Gasteiger partial charge in [-0.3, -0.25) is 9.10 Å². The van der Waals surface area contributed by atoms with Gasteiger partial charge >= 0.3 is 0 Å². The van der Waals surface area contributed by atoms with Crippen molar-refractivity contribution < 1.29 is 13.2 Å². The lowest BCUT2D eigenvalue weighted by Crippen LogP contribution is -2.41. The lowest BCUT2D eigenvalue weighted by atomic mass is 9.86. The van der Waals surface area contributed by atoms with Crippen LogP contribution in [0.25, 0.3) is 0 Å². The van der Waals surface area contributed by atoms with E-state index in [1.807, 2.05) is 38.1 Å². The molecule has 0 saturated heterocycles. The van der Waals surface area contributed by atoms with Gasteiger partial charge in [-0.05, 0) is 47.6 Å². The third-order valence-electron chi connectivity index (χ3n) is 4.97. The zero-order valence-corrected chi connectivity index (χ0v) is 19.0. The van der Waals surface area contributed by atoms with Crippen molar-refractivity contribution in [3.63, 3.8) is 0 Å². The maximum Gasteiger partial charge on any atom is 0.241 e. The van der Waals surface area contributed by atoms with Crippen molar-refractivity contribution in [1.29, 1.82) is 0 Å². The summed E-state index contributed by atoms with van der Waals surface area (Å²) in [5.74, 6) is -0.345. The third-order valence-corrected chi connectivity index (χ3v) is 6.11. The largest absolute Gasteiger partial charge is 0.348 e. The summed E-state index contributed by atoms with van der Waals surface area (Å²) in [6.07, 6.45) is 1.98. The number of rotatable bonds is 7. The molecule has 0 spiro atoms. The lowest BCUT2D eigenvalue weighted by molar-refractivity contribution is -0.120. The van der Waals surface area contributed by atoms with E-state index in [9.17, 15) is 13.2 Å². The first-order chi connectivity index (χ1) is 13.4. The van der Waals surface area contributed by atoms with Gasteiger partial charge < -0.3 is 5.32 Å². The lowest BCUT2D eigenvalue weighted by Gasteiger charge is -2.24. The summed E-state index contributed by atoms with van der Waals surface area (Å²) in [4.78, 5) is 12.6. The van der Waals surface area contributed by atoms with Crippen molar-refractivity contribution >= 4 is 21.6 Å². The summed E-state index contributed by atoms with van der Waals surface area (Å²) in [5, 5.41) is 2.90. The van der Waals surface area contributed by atoms with Gasteiger partial charge in [0.15, 0.2) is 0 Å². The molecule has 0 aliphatic carbocycles. The molecule has 1 N–H and O–H groups in total. The number of carbonyl (C=O) groups excluding carboxylic acids is 1. The Bertz CT molecular complexity index is 928. The van der Waals surface area contributed by atoms with Gasteiger partial charge in [0.25, 0.3) is 0 Å². The predicted molar refractivity (Wildman–Crippen MR) is 120 cm³/mol. The Kier molecular flexibility index (Phi) is 7.11. The molecule has 2 rings (SSSR count). The Balaban J connectivity index is 2.11. The second-order valence-corrected chi connectivity index (χ2v) is 10.4. The Morgan fingerprint density at radius 2 is 1.59 bits per heavy atom. The van der Waals surface area contributed by atoms with Crippen LogP contribution in [0, 0.1) is 0 Å². The van der Waals surface area contributed by atoms with Crippen LogP contribution in [0.2, 0.25) is 0 Å². The molecule has 158 valence electrons. The molecule has 29 heavy (non-hydrogen) atoms. The highest BCUT2D eigenvalue weighted by Gasteiger charge is 2.22. The Hall–Kier alpha value is -2.34. The summed E-state index contributed by atoms with van der Waals surface area (Å²) in [5.41, 5.74) is 3.86. The molecule has 0 unspecified atom stereocenters. The number of aryl methyl sites for hydroxylation is 1. The average molecular weight is 417 g/mol. The van der Waals surface area contributed by atoms with Crippen molar-refractivity contribution in [1.82, 2.24) is 5.32 Å². The van der Waals surface area contributed by atoms with Crippen molar-refractivity contribution in [2.45, 2.75) is 52.5 Å². The number of hydrogen-bond acceptors (Lipinski definition) is 3. The number of hydrogen-bond donors (Lipinski definition) is 1. The maximum absolute atomic E-state index is 12.6. The van der Waals surface area contributed by atoms with Crippen molar-refractivity contribution in [3.05, 3.63) is 65.2 Å². The smallest absolute Gasteiger partial charge is 0.241 e. The molecule has 5 nitrogen and oxygen atoms in total. The zero-order valence-electron chi connectivity index (χ0n) is 18.2. The topological polar surface area (TPSA) is 66.5 Å². The van der Waals surface area contributed by atoms with Crippen LogP contribution < -0.4 is 9.62 Å². The van der Waals surface area contributed by atoms with Crippen molar-refractivity contribution in [3.8, 4) is 0 Å². The second kappa shape index (κ2) is 8.99. The highest BCUT2D eigenvalue weighted by molar-refractivity contribution is 7.92. The molecule has 6 heteroatoms. The van der Waals surface area contributed by atoms with Gasteiger partial charge in [-0.25, -0.2) is 8.42 Å². The van der Waals surface area contributed by atoms with Gasteiger partial charge in [-0.15, -0.1) is 0 Å². The van der Waals surface area contributed by atoms with E-state index in [4.69, 9.17) is 0 Å². The zero-order chi connectivity index (χ0) is 21.8. The van der Waals surface area contributed by atoms with E-state index in [-0.39, 0.29) is 23.9 Å². The fraction of sp³-hybridized carbons (Fsp3) is 0.435. The number of nitrogens with zero attached hydrogens (tertiary/aromatic N) is 1. The molecule has 0 fully saturated rings. The first-order valence-electron chi connectivity index (χ1n) is 9.88. The highest BCUT2D eigenvalue weighted by Crippen LogP contribution is 2.24. The van der Waals surface area contributed by atoms with Gasteiger partial charge in [0.2, 0.25) is 15.9 Å². The van der Waals surface area contributed by atoms with Crippen LogP contribution in [-0.4, -0.2) is 27.1 Å². The number of sulfonamides is 1. The molecule has 2 aromatic carbocycles. The Morgan fingerprint density at radius 1 is 1.03 bits per heavy atom. The van der Waals surface area contributed by atoms with E-state index in [0.29, 0.717) is 5.69 Å². The number of nitrogens with one attached hydrogen (secondary N) is 1. The van der Waals surface area contributed by atoms with Crippen LogP contribution in [-0.2, 0) is 26.7 Å². The monoisotopic (exact) mass is 416 g/mol. The van der Waals surface area contributed by atoms with Crippen molar-refractivity contribution in [2.75, 3.05) is 17.1 Å². The van der Waals surface area contributed by atoms with E-state index in [1.54, 1.807) is 12.1 Å². The van der Waals surface area contributed by atoms with Gasteiger partial charge in [0, 0.05) is 0 Å². The molecule has 0 radical (unpaired) electrons. The Morgan fingerprint density at radius 3 is 2.03 bits per heavy atom. The van der Waals surface area contributed by atoms with Gasteiger partial charge in [0.05, 0.1) is 18.0 Å². The molecular weight excluding hydrogens is 384 g/mol. The number of carbonyl (C=O) groups is 1. The first kappa shape index (κ1) is 22.9. The minimum absolute atomic E-state index is 0.0638. The SMILES string of the molecule is CCc1ccc(N(CC(=O)N[C@H](C)c2ccc(C(C)(C)C)cc2)S(C)(=O)=O)cc1. The number of anilines is 1. The molecule has 1 atom stereocenters. The van der Waals surface area contributed by atoms with E-state index in [1.165, 1.54) is 5.56 Å². The first-order valence-corrected chi connectivity index (χ1v) is 11.7. The van der Waals surface area contributed by atoms with E-state index in [0.717, 1.165) is 28.1 Å². The molecule has 0 aliphatic heterocycles. The number of benzene rings is 2. The van der Waals surface area contributed by atoms with Crippen molar-refractivity contribution in [2.24, 2.45) is 0 Å². The molecule has 0 aliphatic rings. The molecule has 1 amide bonds. The summed E-state index contributed by atoms with van der Waals surface area (Å²) in [7, 11) is -3.58. The van der Waals surface area contributed by atoms with Crippen LogP contribution in [0.15, 0.2) is 48.5 Å². The molecule has 0 heterocycles. The Labute approximate surface area is 175 Å². The van der Waals surface area contributed by atoms with E-state index in [2.05, 4.69) is 38.2 Å². The predicted octanol–water partition coefficient (Wildman–Crippen LogP) is 4.19. The van der Waals surface area contributed by atoms with Gasteiger partial charge in [0.1, 0.15) is 6.54 Å². The fourth-order valence-electron chi connectivity index (χ4n) is 3.07. The summed E-state index contributed by atoms with van der Waals surface area (Å²) < 4.78 is 25.6. The second-order valence-electron chi connectivity index (χ2n) is 8.45. The summed E-state index contributed by atoms with van der Waals surface area (Å²) in [6, 6.07) is 15.2. The molecule has 0 saturated carbocycles. The van der Waals surface area contributed by atoms with E-state index >= 15 is 0 Å². The summed E-state index contributed by atoms with van der Waals surface area (Å²) in [6.45, 7) is 10.1. The van der Waals surface area contributed by atoms with Crippen LogP contribution in [0.5, 0.6) is 0 Å². The minimum atomic E-state index is -3.58. The highest BCUT2D eigenvalue weighted by atomic mass is 32.2. The standard InChI is InChI=1S/C23H32N2O3S/c1-7-18-8-14-21(15-9-18)25(29(6,27)28)16-22(26)24-17(2)19-10-12-20(13-11-19)23(3,4)5/h8-15,17H,7,16H2,1-6H3,(H,24,26)/t17-/m1/s1. The molecule has 0 bridgehead atoms. The normalized spacial score (nSPS) is 13.0. The summed E-state index contributed by atoms with van der Waals surface area (Å²) >= 11 is 0. The van der Waals surface area contributed by atoms with Crippen LogP contribution in [0.1, 0.15) is 57.4 Å². The maximum atomic E-state index is 12.6. The minimum Gasteiger partial charge on any atom is -0.348 e. The molecule has 2 aromatic rings. The van der Waals surface area contributed by atoms with Gasteiger partial charge in [-0.1, -0.05) is 64.1 Å². The quantitative estimate of drug-likeness (QED) is 0.736. The fourth-order valence-corrected chi connectivity index (χ4v) is 3.93. The molecule has 0 aromatic heterocycles. The van der Waals surface area contributed by atoms with Crippen LogP contribution in [0.3, 0.4) is 0 Å². The third kappa shape index (κ3) is 6.32.